The maximum Gasteiger partial charge on any atom is 0.410 e. The van der Waals surface area contributed by atoms with E-state index in [9.17, 15) is 4.79 Å². The maximum atomic E-state index is 12.2. The third-order valence-corrected chi connectivity index (χ3v) is 5.86. The van der Waals surface area contributed by atoms with Gasteiger partial charge < -0.3 is 15.4 Å². The van der Waals surface area contributed by atoms with Crippen molar-refractivity contribution < 1.29 is 9.53 Å². The molecular formula is C15H25ClN2O2. The van der Waals surface area contributed by atoms with Crippen LogP contribution >= 0.6 is 12.4 Å². The fourth-order valence-corrected chi connectivity index (χ4v) is 5.21. The van der Waals surface area contributed by atoms with E-state index in [1.165, 1.54) is 32.1 Å². The molecule has 1 aliphatic heterocycles. The van der Waals surface area contributed by atoms with Gasteiger partial charge >= 0.3 is 6.09 Å². The van der Waals surface area contributed by atoms with E-state index in [-0.39, 0.29) is 30.6 Å². The highest BCUT2D eigenvalue weighted by Crippen LogP contribution is 2.54. The van der Waals surface area contributed by atoms with Crippen molar-refractivity contribution in [1.82, 2.24) is 4.90 Å². The molecule has 0 radical (unpaired) electrons. The van der Waals surface area contributed by atoms with Crippen LogP contribution in [-0.2, 0) is 4.74 Å². The average Bonchev–Trinajstić information content (AvgIpc) is 2.79. The topological polar surface area (TPSA) is 55.6 Å². The summed E-state index contributed by atoms with van der Waals surface area (Å²) in [6.07, 6.45) is 7.64. The minimum atomic E-state index is -0.106. The number of nitrogens with two attached hydrogens (primary N) is 1. The third kappa shape index (κ3) is 2.41. The van der Waals surface area contributed by atoms with Gasteiger partial charge in [-0.3, -0.25) is 0 Å². The number of amides is 1. The number of hydrogen-bond donors (Lipinski definition) is 1. The molecule has 0 aromatic heterocycles. The van der Waals surface area contributed by atoms with E-state index in [4.69, 9.17) is 10.5 Å². The van der Waals surface area contributed by atoms with Gasteiger partial charge in [-0.15, -0.1) is 12.4 Å². The largest absolute Gasteiger partial charge is 0.446 e. The highest BCUT2D eigenvalue weighted by molar-refractivity contribution is 5.85. The Bertz CT molecular complexity index is 362. The molecule has 0 unspecified atom stereocenters. The monoisotopic (exact) mass is 300 g/mol. The second kappa shape index (κ2) is 5.38. The van der Waals surface area contributed by atoms with E-state index in [2.05, 4.69) is 0 Å². The number of ether oxygens (including phenoxy) is 1. The quantitative estimate of drug-likeness (QED) is 0.809. The van der Waals surface area contributed by atoms with Gasteiger partial charge in [-0.2, -0.15) is 0 Å². The third-order valence-electron chi connectivity index (χ3n) is 5.86. The lowest BCUT2D eigenvalue weighted by atomic mass is 9.55. The fourth-order valence-electron chi connectivity index (χ4n) is 5.21. The molecule has 4 saturated carbocycles. The van der Waals surface area contributed by atoms with Crippen LogP contribution in [0, 0.1) is 23.7 Å². The van der Waals surface area contributed by atoms with Crippen molar-refractivity contribution in [3.63, 3.8) is 0 Å². The van der Waals surface area contributed by atoms with Crippen LogP contribution in [0.5, 0.6) is 0 Å². The van der Waals surface area contributed by atoms with E-state index in [1.54, 1.807) is 4.90 Å². The van der Waals surface area contributed by atoms with Gasteiger partial charge in [0.2, 0.25) is 0 Å². The molecule has 5 heteroatoms. The number of carbonyl (C=O) groups is 1. The first-order valence-corrected chi connectivity index (χ1v) is 7.90. The van der Waals surface area contributed by atoms with Crippen LogP contribution in [0.2, 0.25) is 0 Å². The summed E-state index contributed by atoms with van der Waals surface area (Å²) in [4.78, 5) is 14.0. The maximum absolute atomic E-state index is 12.2. The molecular weight excluding hydrogens is 276 g/mol. The van der Waals surface area contributed by atoms with Crippen molar-refractivity contribution in [2.45, 2.75) is 50.7 Å². The summed E-state index contributed by atoms with van der Waals surface area (Å²) in [5.74, 6) is 3.16. The summed E-state index contributed by atoms with van der Waals surface area (Å²) >= 11 is 0. The predicted molar refractivity (Wildman–Crippen MR) is 78.7 cm³/mol. The SMILES string of the molecule is Cl.N[C@@H]1CCN(C(=O)OC2C3CC4CC(C3)CC2C4)C1. The smallest absolute Gasteiger partial charge is 0.410 e. The molecule has 114 valence electrons. The van der Waals surface area contributed by atoms with Crippen molar-refractivity contribution in [3.05, 3.63) is 0 Å². The molecule has 5 fully saturated rings. The molecule has 1 atom stereocenters. The molecule has 20 heavy (non-hydrogen) atoms. The lowest BCUT2D eigenvalue weighted by Gasteiger charge is -2.53. The van der Waals surface area contributed by atoms with Gasteiger partial charge in [-0.1, -0.05) is 0 Å². The molecule has 4 bridgehead atoms. The van der Waals surface area contributed by atoms with Crippen LogP contribution < -0.4 is 5.73 Å². The van der Waals surface area contributed by atoms with Crippen molar-refractivity contribution in [2.75, 3.05) is 13.1 Å². The number of carbonyl (C=O) groups excluding carboxylic acids is 1. The van der Waals surface area contributed by atoms with Crippen LogP contribution in [0.4, 0.5) is 4.79 Å². The van der Waals surface area contributed by atoms with Crippen molar-refractivity contribution in [1.29, 1.82) is 0 Å². The Kier molecular flexibility index (Phi) is 3.89. The molecule has 5 aliphatic rings. The van der Waals surface area contributed by atoms with E-state index < -0.39 is 0 Å². The zero-order valence-electron chi connectivity index (χ0n) is 11.9. The van der Waals surface area contributed by atoms with E-state index in [1.807, 2.05) is 0 Å². The summed E-state index contributed by atoms with van der Waals surface area (Å²) in [6, 6.07) is 0.144. The normalized spacial score (nSPS) is 45.4. The lowest BCUT2D eigenvalue weighted by molar-refractivity contribution is -0.101. The summed E-state index contributed by atoms with van der Waals surface area (Å²) < 4.78 is 5.89. The summed E-state index contributed by atoms with van der Waals surface area (Å²) in [6.45, 7) is 1.44. The summed E-state index contributed by atoms with van der Waals surface area (Å²) in [5, 5.41) is 0. The molecule has 2 N–H and O–H groups in total. The number of likely N-dealkylation sites (tertiary alicyclic amines) is 1. The Balaban J connectivity index is 0.00000121. The highest BCUT2D eigenvalue weighted by atomic mass is 35.5. The minimum absolute atomic E-state index is 0. The average molecular weight is 301 g/mol. The van der Waals surface area contributed by atoms with Gasteiger partial charge in [0.1, 0.15) is 6.10 Å². The van der Waals surface area contributed by atoms with Gasteiger partial charge in [0.25, 0.3) is 0 Å². The second-order valence-corrected chi connectivity index (χ2v) is 7.27. The Morgan fingerprint density at radius 3 is 2.15 bits per heavy atom. The van der Waals surface area contributed by atoms with Gasteiger partial charge in [-0.05, 0) is 62.2 Å². The van der Waals surface area contributed by atoms with E-state index in [0.717, 1.165) is 24.8 Å². The Morgan fingerprint density at radius 1 is 1.05 bits per heavy atom. The van der Waals surface area contributed by atoms with Gasteiger partial charge in [0, 0.05) is 19.1 Å². The van der Waals surface area contributed by atoms with Crippen LogP contribution in [0.3, 0.4) is 0 Å². The highest BCUT2D eigenvalue weighted by Gasteiger charge is 2.50. The minimum Gasteiger partial charge on any atom is -0.446 e. The first kappa shape index (κ1) is 14.5. The van der Waals surface area contributed by atoms with Crippen LogP contribution in [0.1, 0.15) is 38.5 Å². The Labute approximate surface area is 126 Å². The lowest BCUT2D eigenvalue weighted by Crippen LogP contribution is -2.51. The standard InChI is InChI=1S/C15H24N2O2.ClH/c16-13-1-2-17(8-13)15(18)19-14-11-4-9-3-10(6-11)7-12(14)5-9;/h9-14H,1-8,16H2;1H/t9?,10?,11?,12?,13-,14?;/m1./s1. The van der Waals surface area contributed by atoms with Crippen LogP contribution in [0.25, 0.3) is 0 Å². The molecule has 4 aliphatic carbocycles. The van der Waals surface area contributed by atoms with Gasteiger partial charge in [0.15, 0.2) is 0 Å². The summed E-state index contributed by atoms with van der Waals surface area (Å²) in [5.41, 5.74) is 5.86. The van der Waals surface area contributed by atoms with Crippen LogP contribution in [0.15, 0.2) is 0 Å². The molecule has 0 aromatic carbocycles. The number of halogens is 1. The molecule has 0 spiro atoms. The Hall–Kier alpha value is -0.480. The molecule has 5 rings (SSSR count). The fraction of sp³-hybridized carbons (Fsp3) is 0.933. The van der Waals surface area contributed by atoms with Gasteiger partial charge in [-0.25, -0.2) is 4.79 Å². The second-order valence-electron chi connectivity index (χ2n) is 7.27. The zero-order valence-corrected chi connectivity index (χ0v) is 12.7. The number of hydrogen-bond acceptors (Lipinski definition) is 3. The molecule has 4 nitrogen and oxygen atoms in total. The Morgan fingerprint density at radius 2 is 1.65 bits per heavy atom. The molecule has 1 saturated heterocycles. The summed E-state index contributed by atoms with van der Waals surface area (Å²) in [7, 11) is 0. The van der Waals surface area contributed by atoms with Gasteiger partial charge in [0.05, 0.1) is 0 Å². The van der Waals surface area contributed by atoms with Crippen LogP contribution in [-0.4, -0.2) is 36.2 Å². The molecule has 1 amide bonds. The number of rotatable bonds is 1. The molecule has 0 aromatic rings. The zero-order chi connectivity index (χ0) is 13.0. The van der Waals surface area contributed by atoms with Crippen molar-refractivity contribution in [2.24, 2.45) is 29.4 Å². The van der Waals surface area contributed by atoms with E-state index >= 15 is 0 Å². The first-order valence-electron chi connectivity index (χ1n) is 7.90. The van der Waals surface area contributed by atoms with Crippen molar-refractivity contribution >= 4 is 18.5 Å². The number of nitrogens with zero attached hydrogens (tertiary/aromatic N) is 1. The van der Waals surface area contributed by atoms with E-state index in [0.29, 0.717) is 18.4 Å². The molecule has 1 heterocycles. The first-order chi connectivity index (χ1) is 9.19. The predicted octanol–water partition coefficient (Wildman–Crippen LogP) is 2.40. The van der Waals surface area contributed by atoms with Crippen molar-refractivity contribution in [3.8, 4) is 0 Å².